The van der Waals surface area contributed by atoms with Crippen molar-refractivity contribution >= 4 is 34.3 Å². The van der Waals surface area contributed by atoms with Crippen molar-refractivity contribution in [1.82, 2.24) is 14.5 Å². The van der Waals surface area contributed by atoms with Crippen LogP contribution in [0, 0.1) is 6.92 Å². The Labute approximate surface area is 159 Å². The minimum Gasteiger partial charge on any atom is -0.320 e. The third-order valence-corrected chi connectivity index (χ3v) is 5.58. The Morgan fingerprint density at radius 1 is 1.15 bits per heavy atom. The average molecular weight is 366 g/mol. The molecule has 4 heteroatoms. The van der Waals surface area contributed by atoms with Crippen LogP contribution in [0.3, 0.4) is 0 Å². The summed E-state index contributed by atoms with van der Waals surface area (Å²) in [7, 11) is 2.20. The highest BCUT2D eigenvalue weighted by Crippen LogP contribution is 2.32. The lowest BCUT2D eigenvalue weighted by molar-refractivity contribution is 0.351. The van der Waals surface area contributed by atoms with Crippen molar-refractivity contribution in [3.63, 3.8) is 0 Å². The number of halogens is 1. The number of hydrogen-bond donors (Lipinski definition) is 0. The summed E-state index contributed by atoms with van der Waals surface area (Å²) in [5.74, 6) is 0. The topological polar surface area (TPSA) is 21.1 Å². The number of hydrogen-bond acceptors (Lipinski definition) is 2. The molecule has 0 fully saturated rings. The second kappa shape index (κ2) is 6.90. The average Bonchev–Trinajstić information content (AvgIpc) is 2.76. The standard InChI is InChI=1S/C22H24ClN3/c1-15(17-5-4-16(2)24-13-17)14-26-21-7-6-18(23)12-20(21)19-8-10-25(3)11-9-22(19)26/h4-7,12-14H,8-11H2,1-3H3/b15-14+. The van der Waals surface area contributed by atoms with Crippen LogP contribution in [0.15, 0.2) is 36.5 Å². The van der Waals surface area contributed by atoms with Crippen LogP contribution in [0.25, 0.3) is 22.7 Å². The lowest BCUT2D eigenvalue weighted by Gasteiger charge is -2.13. The predicted octanol–water partition coefficient (Wildman–Crippen LogP) is 5.05. The van der Waals surface area contributed by atoms with Gasteiger partial charge in [0, 0.05) is 53.7 Å². The zero-order valence-electron chi connectivity index (χ0n) is 15.6. The number of benzene rings is 1. The normalized spacial score (nSPS) is 15.9. The third-order valence-electron chi connectivity index (χ3n) is 5.35. The molecule has 0 aliphatic carbocycles. The first-order chi connectivity index (χ1) is 12.5. The van der Waals surface area contributed by atoms with Crippen LogP contribution in [0.1, 0.15) is 29.4 Å². The molecule has 2 aromatic heterocycles. The maximum absolute atomic E-state index is 6.31. The van der Waals surface area contributed by atoms with Crippen molar-refractivity contribution in [2.45, 2.75) is 26.7 Å². The smallest absolute Gasteiger partial charge is 0.0529 e. The molecule has 4 rings (SSSR count). The van der Waals surface area contributed by atoms with E-state index in [0.29, 0.717) is 0 Å². The monoisotopic (exact) mass is 365 g/mol. The Kier molecular flexibility index (Phi) is 4.60. The molecule has 3 aromatic rings. The Hall–Kier alpha value is -2.10. The van der Waals surface area contributed by atoms with E-state index in [0.717, 1.165) is 42.2 Å². The van der Waals surface area contributed by atoms with E-state index < -0.39 is 0 Å². The molecule has 0 saturated carbocycles. The van der Waals surface area contributed by atoms with Crippen molar-refractivity contribution in [3.8, 4) is 0 Å². The largest absolute Gasteiger partial charge is 0.320 e. The third kappa shape index (κ3) is 3.17. The first kappa shape index (κ1) is 17.3. The van der Waals surface area contributed by atoms with Gasteiger partial charge in [-0.3, -0.25) is 4.98 Å². The molecule has 0 amide bonds. The van der Waals surface area contributed by atoms with Crippen LogP contribution in [0.4, 0.5) is 0 Å². The van der Waals surface area contributed by atoms with E-state index in [-0.39, 0.29) is 0 Å². The molecule has 0 spiro atoms. The number of rotatable bonds is 2. The summed E-state index contributed by atoms with van der Waals surface area (Å²) in [6, 6.07) is 10.5. The van der Waals surface area contributed by atoms with Crippen LogP contribution in [0.2, 0.25) is 5.02 Å². The van der Waals surface area contributed by atoms with E-state index in [1.54, 1.807) is 0 Å². The molecule has 0 bridgehead atoms. The molecule has 0 radical (unpaired) electrons. The van der Waals surface area contributed by atoms with Crippen LogP contribution in [-0.4, -0.2) is 34.6 Å². The van der Waals surface area contributed by atoms with E-state index in [2.05, 4.69) is 58.9 Å². The van der Waals surface area contributed by atoms with Crippen LogP contribution in [0.5, 0.6) is 0 Å². The summed E-state index contributed by atoms with van der Waals surface area (Å²) >= 11 is 6.31. The Balaban J connectivity index is 1.89. The van der Waals surface area contributed by atoms with Gasteiger partial charge < -0.3 is 9.47 Å². The lowest BCUT2D eigenvalue weighted by Crippen LogP contribution is -2.21. The molecule has 3 nitrogen and oxygen atoms in total. The first-order valence-corrected chi connectivity index (χ1v) is 9.52. The number of allylic oxidation sites excluding steroid dienone is 1. The van der Waals surface area contributed by atoms with E-state index in [9.17, 15) is 0 Å². The predicted molar refractivity (Wildman–Crippen MR) is 111 cm³/mol. The summed E-state index contributed by atoms with van der Waals surface area (Å²) in [5.41, 5.74) is 7.50. The van der Waals surface area contributed by atoms with E-state index in [4.69, 9.17) is 11.6 Å². The van der Waals surface area contributed by atoms with Crippen molar-refractivity contribution in [2.75, 3.05) is 20.1 Å². The fourth-order valence-corrected chi connectivity index (χ4v) is 3.96. The van der Waals surface area contributed by atoms with E-state index in [1.807, 2.05) is 19.2 Å². The van der Waals surface area contributed by atoms with Gasteiger partial charge in [0.25, 0.3) is 0 Å². The number of aromatic nitrogens is 2. The minimum atomic E-state index is 0.804. The van der Waals surface area contributed by atoms with Crippen LogP contribution < -0.4 is 0 Å². The molecule has 0 saturated heterocycles. The number of pyridine rings is 1. The van der Waals surface area contributed by atoms with Crippen molar-refractivity contribution in [1.29, 1.82) is 0 Å². The lowest BCUT2D eigenvalue weighted by atomic mass is 10.1. The highest BCUT2D eigenvalue weighted by atomic mass is 35.5. The molecule has 1 aliphatic heterocycles. The molecule has 1 aromatic carbocycles. The number of aryl methyl sites for hydroxylation is 1. The van der Waals surface area contributed by atoms with Crippen molar-refractivity contribution < 1.29 is 0 Å². The maximum atomic E-state index is 6.31. The van der Waals surface area contributed by atoms with Gasteiger partial charge in [-0.15, -0.1) is 0 Å². The van der Waals surface area contributed by atoms with Crippen molar-refractivity contribution in [2.24, 2.45) is 0 Å². The van der Waals surface area contributed by atoms with Gasteiger partial charge in [0.15, 0.2) is 0 Å². The Bertz CT molecular complexity index is 983. The molecule has 0 N–H and O–H groups in total. The zero-order valence-corrected chi connectivity index (χ0v) is 16.3. The van der Waals surface area contributed by atoms with Gasteiger partial charge in [0.2, 0.25) is 0 Å². The number of likely N-dealkylation sites (N-methyl/N-ethyl adjacent to an activating group) is 1. The zero-order chi connectivity index (χ0) is 18.3. The quantitative estimate of drug-likeness (QED) is 0.633. The number of fused-ring (bicyclic) bond motifs is 3. The second-order valence-electron chi connectivity index (χ2n) is 7.26. The molecule has 0 atom stereocenters. The minimum absolute atomic E-state index is 0.804. The Morgan fingerprint density at radius 3 is 2.73 bits per heavy atom. The molecular weight excluding hydrogens is 342 g/mol. The van der Waals surface area contributed by atoms with E-state index in [1.165, 1.54) is 27.7 Å². The summed E-state index contributed by atoms with van der Waals surface area (Å²) < 4.78 is 2.37. The first-order valence-electron chi connectivity index (χ1n) is 9.14. The Morgan fingerprint density at radius 2 is 1.96 bits per heavy atom. The molecule has 1 aliphatic rings. The fraction of sp³-hybridized carbons (Fsp3) is 0.318. The molecular formula is C22H24ClN3. The summed E-state index contributed by atoms with van der Waals surface area (Å²) in [6.45, 7) is 6.34. The molecule has 3 heterocycles. The van der Waals surface area contributed by atoms with Crippen molar-refractivity contribution in [3.05, 3.63) is 64.1 Å². The highest BCUT2D eigenvalue weighted by Gasteiger charge is 2.20. The SMILES string of the molecule is C/C(=C\n1c2c(c3cc(Cl)ccc31)CCN(C)CC2)c1ccc(C)nc1. The van der Waals surface area contributed by atoms with Gasteiger partial charge >= 0.3 is 0 Å². The summed E-state index contributed by atoms with van der Waals surface area (Å²) in [6.07, 6.45) is 6.33. The van der Waals surface area contributed by atoms with Gasteiger partial charge in [-0.05, 0) is 68.3 Å². The van der Waals surface area contributed by atoms with Gasteiger partial charge in [-0.25, -0.2) is 0 Å². The van der Waals surface area contributed by atoms with Gasteiger partial charge in [0.1, 0.15) is 0 Å². The highest BCUT2D eigenvalue weighted by molar-refractivity contribution is 6.31. The molecule has 26 heavy (non-hydrogen) atoms. The second-order valence-corrected chi connectivity index (χ2v) is 7.70. The van der Waals surface area contributed by atoms with Crippen LogP contribution in [-0.2, 0) is 12.8 Å². The van der Waals surface area contributed by atoms with Gasteiger partial charge in [-0.2, -0.15) is 0 Å². The van der Waals surface area contributed by atoms with Crippen LogP contribution >= 0.6 is 11.6 Å². The maximum Gasteiger partial charge on any atom is 0.0529 e. The molecule has 134 valence electrons. The van der Waals surface area contributed by atoms with Gasteiger partial charge in [0.05, 0.1) is 5.52 Å². The fourth-order valence-electron chi connectivity index (χ4n) is 3.78. The molecule has 0 unspecified atom stereocenters. The van der Waals surface area contributed by atoms with Gasteiger partial charge in [-0.1, -0.05) is 17.7 Å². The summed E-state index contributed by atoms with van der Waals surface area (Å²) in [4.78, 5) is 6.85. The van der Waals surface area contributed by atoms with E-state index >= 15 is 0 Å². The number of nitrogens with zero attached hydrogens (tertiary/aromatic N) is 3. The summed E-state index contributed by atoms with van der Waals surface area (Å²) in [5, 5.41) is 2.09.